The van der Waals surface area contributed by atoms with Crippen molar-refractivity contribution < 1.29 is 18.0 Å². The van der Waals surface area contributed by atoms with E-state index < -0.39 is 11.7 Å². The number of alkyl halides is 3. The molecule has 0 atom stereocenters. The van der Waals surface area contributed by atoms with Gasteiger partial charge in [0, 0.05) is 22.8 Å². The van der Waals surface area contributed by atoms with Crippen molar-refractivity contribution in [1.29, 1.82) is 0 Å². The van der Waals surface area contributed by atoms with E-state index in [1.54, 1.807) is 12.1 Å². The average molecular weight is 338 g/mol. The number of hydrogen-bond acceptors (Lipinski definition) is 3. The number of rotatable bonds is 2. The standard InChI is InChI=1S/C16H13F3N2OS/c17-16(18,19)10-5-6-14-12(9-10)21(15(22)7-8-20)11-3-1-2-4-13(11)23-14/h1-6,9H,7-8,20H2. The summed E-state index contributed by atoms with van der Waals surface area (Å²) in [4.78, 5) is 15.2. The van der Waals surface area contributed by atoms with Crippen LogP contribution in [0, 0.1) is 0 Å². The van der Waals surface area contributed by atoms with Crippen LogP contribution in [0.4, 0.5) is 24.5 Å². The van der Waals surface area contributed by atoms with Gasteiger partial charge in [-0.3, -0.25) is 9.69 Å². The minimum absolute atomic E-state index is 0.0642. The number of nitrogens with zero attached hydrogens (tertiary/aromatic N) is 1. The Hall–Kier alpha value is -1.99. The molecular formula is C16H13F3N2OS. The largest absolute Gasteiger partial charge is 0.416 e. The second kappa shape index (κ2) is 5.90. The number of fused-ring (bicyclic) bond motifs is 2. The van der Waals surface area contributed by atoms with Gasteiger partial charge in [0.05, 0.1) is 16.9 Å². The van der Waals surface area contributed by atoms with Crippen molar-refractivity contribution in [2.45, 2.75) is 22.4 Å². The van der Waals surface area contributed by atoms with Crippen LogP contribution in [0.15, 0.2) is 52.3 Å². The number of benzene rings is 2. The molecule has 7 heteroatoms. The van der Waals surface area contributed by atoms with Gasteiger partial charge in [0.1, 0.15) is 0 Å². The number of para-hydroxylation sites is 1. The van der Waals surface area contributed by atoms with Crippen LogP contribution in [0.2, 0.25) is 0 Å². The van der Waals surface area contributed by atoms with Crippen molar-refractivity contribution >= 4 is 29.0 Å². The SMILES string of the molecule is NCCC(=O)N1c2ccccc2Sc2ccc(C(F)(F)F)cc21. The van der Waals surface area contributed by atoms with Gasteiger partial charge in [-0.15, -0.1) is 0 Å². The second-order valence-corrected chi connectivity index (χ2v) is 6.10. The van der Waals surface area contributed by atoms with Crippen LogP contribution in [0.3, 0.4) is 0 Å². The Morgan fingerprint density at radius 1 is 1.09 bits per heavy atom. The first kappa shape index (κ1) is 15.9. The van der Waals surface area contributed by atoms with E-state index in [9.17, 15) is 18.0 Å². The minimum atomic E-state index is -4.46. The smallest absolute Gasteiger partial charge is 0.330 e. The van der Waals surface area contributed by atoms with Crippen molar-refractivity contribution in [1.82, 2.24) is 0 Å². The molecule has 1 heterocycles. The fraction of sp³-hybridized carbons (Fsp3) is 0.188. The number of halogens is 3. The zero-order chi connectivity index (χ0) is 16.6. The Morgan fingerprint density at radius 3 is 2.48 bits per heavy atom. The number of anilines is 2. The summed E-state index contributed by atoms with van der Waals surface area (Å²) in [6, 6.07) is 10.6. The maximum absolute atomic E-state index is 13.0. The number of amides is 1. The summed E-state index contributed by atoms with van der Waals surface area (Å²) < 4.78 is 39.0. The summed E-state index contributed by atoms with van der Waals surface area (Å²) in [5.74, 6) is -0.319. The molecule has 2 N–H and O–H groups in total. The zero-order valence-corrected chi connectivity index (χ0v) is 12.7. The molecule has 1 aliphatic rings. The molecule has 0 fully saturated rings. The monoisotopic (exact) mass is 338 g/mol. The number of carbonyl (C=O) groups is 1. The summed E-state index contributed by atoms with van der Waals surface area (Å²) in [7, 11) is 0. The third kappa shape index (κ3) is 2.94. The van der Waals surface area contributed by atoms with Gasteiger partial charge in [0.25, 0.3) is 0 Å². The van der Waals surface area contributed by atoms with Gasteiger partial charge in [-0.1, -0.05) is 23.9 Å². The summed E-state index contributed by atoms with van der Waals surface area (Å²) in [5.41, 5.74) is 5.50. The van der Waals surface area contributed by atoms with E-state index in [2.05, 4.69) is 0 Å². The first-order valence-corrected chi connectivity index (χ1v) is 7.74. The highest BCUT2D eigenvalue weighted by Crippen LogP contribution is 2.49. The minimum Gasteiger partial charge on any atom is -0.330 e. The van der Waals surface area contributed by atoms with Gasteiger partial charge in [0.15, 0.2) is 0 Å². The van der Waals surface area contributed by atoms with Crippen LogP contribution in [0.5, 0.6) is 0 Å². The van der Waals surface area contributed by atoms with Gasteiger partial charge in [-0.25, -0.2) is 0 Å². The molecule has 1 aliphatic heterocycles. The van der Waals surface area contributed by atoms with Crippen molar-refractivity contribution in [3.63, 3.8) is 0 Å². The molecule has 0 saturated heterocycles. The molecule has 120 valence electrons. The molecule has 2 aromatic rings. The fourth-order valence-corrected chi connectivity index (χ4v) is 3.47. The Kier molecular flexibility index (Phi) is 4.08. The highest BCUT2D eigenvalue weighted by atomic mass is 32.2. The van der Waals surface area contributed by atoms with Gasteiger partial charge in [0.2, 0.25) is 5.91 Å². The van der Waals surface area contributed by atoms with Crippen LogP contribution < -0.4 is 10.6 Å². The van der Waals surface area contributed by atoms with Gasteiger partial charge >= 0.3 is 6.18 Å². The first-order chi connectivity index (χ1) is 10.9. The molecular weight excluding hydrogens is 325 g/mol. The van der Waals surface area contributed by atoms with E-state index in [0.717, 1.165) is 17.0 Å². The van der Waals surface area contributed by atoms with Crippen LogP contribution in [0.1, 0.15) is 12.0 Å². The summed E-state index contributed by atoms with van der Waals surface area (Å²) in [6.45, 7) is 0.138. The third-order valence-electron chi connectivity index (χ3n) is 3.46. The number of nitrogens with two attached hydrogens (primary N) is 1. The topological polar surface area (TPSA) is 46.3 Å². The number of carbonyl (C=O) groups excluding carboxylic acids is 1. The molecule has 0 bridgehead atoms. The zero-order valence-electron chi connectivity index (χ0n) is 11.9. The molecule has 0 saturated carbocycles. The molecule has 3 nitrogen and oxygen atoms in total. The maximum Gasteiger partial charge on any atom is 0.416 e. The molecule has 0 aliphatic carbocycles. The van der Waals surface area contributed by atoms with Crippen LogP contribution >= 0.6 is 11.8 Å². The number of hydrogen-bond donors (Lipinski definition) is 1. The molecule has 23 heavy (non-hydrogen) atoms. The second-order valence-electron chi connectivity index (χ2n) is 5.02. The summed E-state index contributed by atoms with van der Waals surface area (Å²) >= 11 is 1.35. The highest BCUT2D eigenvalue weighted by Gasteiger charge is 2.34. The molecule has 3 rings (SSSR count). The maximum atomic E-state index is 13.0. The lowest BCUT2D eigenvalue weighted by Crippen LogP contribution is -2.30. The van der Waals surface area contributed by atoms with E-state index in [1.807, 2.05) is 12.1 Å². The molecule has 0 unspecified atom stereocenters. The Morgan fingerprint density at radius 2 is 1.78 bits per heavy atom. The third-order valence-corrected chi connectivity index (χ3v) is 4.59. The molecule has 1 amide bonds. The molecule has 0 spiro atoms. The Balaban J connectivity index is 2.16. The van der Waals surface area contributed by atoms with Gasteiger partial charge < -0.3 is 5.73 Å². The van der Waals surface area contributed by atoms with Crippen molar-refractivity contribution in [3.05, 3.63) is 48.0 Å². The Bertz CT molecular complexity index is 761. The first-order valence-electron chi connectivity index (χ1n) is 6.93. The van der Waals surface area contributed by atoms with E-state index in [4.69, 9.17) is 5.73 Å². The summed E-state index contributed by atoms with van der Waals surface area (Å²) in [5, 5.41) is 0. The van der Waals surface area contributed by atoms with E-state index in [0.29, 0.717) is 10.6 Å². The van der Waals surface area contributed by atoms with Crippen LogP contribution in [0.25, 0.3) is 0 Å². The van der Waals surface area contributed by atoms with E-state index >= 15 is 0 Å². The van der Waals surface area contributed by atoms with Crippen LogP contribution in [-0.2, 0) is 11.0 Å². The molecule has 0 aromatic heterocycles. The highest BCUT2D eigenvalue weighted by molar-refractivity contribution is 7.99. The predicted octanol–water partition coefficient (Wildman–Crippen LogP) is 4.18. The Labute approximate surface area is 135 Å². The van der Waals surface area contributed by atoms with E-state index in [1.165, 1.54) is 22.7 Å². The van der Waals surface area contributed by atoms with Gasteiger partial charge in [-0.2, -0.15) is 13.2 Å². The van der Waals surface area contributed by atoms with Crippen molar-refractivity contribution in [2.24, 2.45) is 5.73 Å². The lowest BCUT2D eigenvalue weighted by molar-refractivity contribution is -0.137. The summed E-state index contributed by atoms with van der Waals surface area (Å²) in [6.07, 6.45) is -4.39. The molecule has 0 radical (unpaired) electrons. The van der Waals surface area contributed by atoms with E-state index in [-0.39, 0.29) is 24.6 Å². The predicted molar refractivity (Wildman–Crippen MR) is 82.8 cm³/mol. The van der Waals surface area contributed by atoms with Crippen molar-refractivity contribution in [2.75, 3.05) is 11.4 Å². The van der Waals surface area contributed by atoms with Crippen LogP contribution in [-0.4, -0.2) is 12.5 Å². The quantitative estimate of drug-likeness (QED) is 0.893. The van der Waals surface area contributed by atoms with Gasteiger partial charge in [-0.05, 0) is 30.3 Å². The normalized spacial score (nSPS) is 13.5. The lowest BCUT2D eigenvalue weighted by atomic mass is 10.1. The van der Waals surface area contributed by atoms with Crippen molar-refractivity contribution in [3.8, 4) is 0 Å². The lowest BCUT2D eigenvalue weighted by Gasteiger charge is -2.31. The fourth-order valence-electron chi connectivity index (χ4n) is 2.44. The molecule has 2 aromatic carbocycles. The average Bonchev–Trinajstić information content (AvgIpc) is 2.51.